The van der Waals surface area contributed by atoms with Gasteiger partial charge in [-0.1, -0.05) is 13.3 Å². The number of anilines is 1. The Morgan fingerprint density at radius 1 is 1.62 bits per heavy atom. The smallest absolute Gasteiger partial charge is 0.126 e. The van der Waals surface area contributed by atoms with E-state index >= 15 is 0 Å². The maximum atomic E-state index is 5.62. The highest BCUT2D eigenvalue weighted by Crippen LogP contribution is 2.15. The van der Waals surface area contributed by atoms with Gasteiger partial charge in [0.05, 0.1) is 6.10 Å². The highest BCUT2D eigenvalue weighted by atomic mass is 16.5. The molecule has 0 bridgehead atoms. The molecule has 0 fully saturated rings. The largest absolute Gasteiger partial charge is 0.491 e. The standard InChI is InChI=1S/C10H16N2O/c1-3-4-8(2)13-9-5-6-12-10(11)7-9/h5-8H,3-4H2,1-2H3,(H2,11,12). The van der Waals surface area contributed by atoms with Gasteiger partial charge in [0.25, 0.3) is 0 Å². The second-order valence-electron chi connectivity index (χ2n) is 3.13. The van der Waals surface area contributed by atoms with E-state index in [-0.39, 0.29) is 6.10 Å². The number of nitrogens with two attached hydrogens (primary N) is 1. The molecular formula is C10H16N2O. The van der Waals surface area contributed by atoms with Crippen LogP contribution >= 0.6 is 0 Å². The van der Waals surface area contributed by atoms with Crippen LogP contribution in [0, 0.1) is 0 Å². The molecule has 0 saturated heterocycles. The van der Waals surface area contributed by atoms with Crippen molar-refractivity contribution < 1.29 is 4.74 Å². The Labute approximate surface area is 78.9 Å². The second-order valence-corrected chi connectivity index (χ2v) is 3.13. The van der Waals surface area contributed by atoms with Crippen molar-refractivity contribution >= 4 is 5.82 Å². The number of hydrogen-bond acceptors (Lipinski definition) is 3. The molecule has 3 nitrogen and oxygen atoms in total. The third-order valence-electron chi connectivity index (χ3n) is 1.79. The van der Waals surface area contributed by atoms with Crippen molar-refractivity contribution in [3.05, 3.63) is 18.3 Å². The van der Waals surface area contributed by atoms with Crippen LogP contribution in [0.25, 0.3) is 0 Å². The molecule has 1 heterocycles. The summed E-state index contributed by atoms with van der Waals surface area (Å²) in [5, 5.41) is 0. The van der Waals surface area contributed by atoms with Gasteiger partial charge in [-0.15, -0.1) is 0 Å². The molecule has 1 aromatic rings. The molecule has 0 amide bonds. The molecule has 72 valence electrons. The predicted molar refractivity (Wildman–Crippen MR) is 53.6 cm³/mol. The van der Waals surface area contributed by atoms with Crippen molar-refractivity contribution in [2.24, 2.45) is 0 Å². The first kappa shape index (κ1) is 9.84. The van der Waals surface area contributed by atoms with Crippen molar-refractivity contribution in [1.82, 2.24) is 4.98 Å². The highest BCUT2D eigenvalue weighted by molar-refractivity contribution is 5.35. The lowest BCUT2D eigenvalue weighted by Crippen LogP contribution is -2.11. The fourth-order valence-electron chi connectivity index (χ4n) is 1.20. The first-order valence-corrected chi connectivity index (χ1v) is 4.60. The van der Waals surface area contributed by atoms with Crippen LogP contribution in [0.2, 0.25) is 0 Å². The van der Waals surface area contributed by atoms with Crippen LogP contribution in [-0.4, -0.2) is 11.1 Å². The molecule has 1 aromatic heterocycles. The first-order chi connectivity index (χ1) is 6.22. The van der Waals surface area contributed by atoms with Gasteiger partial charge < -0.3 is 10.5 Å². The maximum absolute atomic E-state index is 5.62. The quantitative estimate of drug-likeness (QED) is 0.773. The molecule has 13 heavy (non-hydrogen) atoms. The van der Waals surface area contributed by atoms with Crippen LogP contribution in [0.1, 0.15) is 26.7 Å². The van der Waals surface area contributed by atoms with E-state index in [1.165, 1.54) is 0 Å². The van der Waals surface area contributed by atoms with Gasteiger partial charge in [0.15, 0.2) is 0 Å². The number of pyridine rings is 1. The van der Waals surface area contributed by atoms with E-state index < -0.39 is 0 Å². The van der Waals surface area contributed by atoms with Gasteiger partial charge in [0.1, 0.15) is 11.6 Å². The van der Waals surface area contributed by atoms with E-state index in [1.807, 2.05) is 6.07 Å². The number of ether oxygens (including phenoxy) is 1. The molecule has 3 heteroatoms. The van der Waals surface area contributed by atoms with Gasteiger partial charge in [-0.05, 0) is 19.4 Å². The Kier molecular flexibility index (Phi) is 3.55. The fraction of sp³-hybridized carbons (Fsp3) is 0.500. The van der Waals surface area contributed by atoms with Crippen molar-refractivity contribution in [2.45, 2.75) is 32.8 Å². The van der Waals surface area contributed by atoms with E-state index in [4.69, 9.17) is 10.5 Å². The molecule has 0 aliphatic rings. The molecule has 0 aliphatic carbocycles. The second kappa shape index (κ2) is 4.70. The summed E-state index contributed by atoms with van der Waals surface area (Å²) in [4.78, 5) is 3.89. The average molecular weight is 180 g/mol. The summed E-state index contributed by atoms with van der Waals surface area (Å²) in [6.07, 6.45) is 4.08. The van der Waals surface area contributed by atoms with Crippen LogP contribution in [0.3, 0.4) is 0 Å². The van der Waals surface area contributed by atoms with Crippen molar-refractivity contribution in [1.29, 1.82) is 0 Å². The number of rotatable bonds is 4. The molecular weight excluding hydrogens is 164 g/mol. The SMILES string of the molecule is CCCC(C)Oc1ccnc(N)c1. The first-order valence-electron chi connectivity index (χ1n) is 4.60. The summed E-state index contributed by atoms with van der Waals surface area (Å²) in [5.74, 6) is 1.30. The Morgan fingerprint density at radius 3 is 3.00 bits per heavy atom. The van der Waals surface area contributed by atoms with Crippen LogP contribution in [-0.2, 0) is 0 Å². The summed E-state index contributed by atoms with van der Waals surface area (Å²) in [5.41, 5.74) is 5.52. The molecule has 1 atom stereocenters. The minimum absolute atomic E-state index is 0.242. The van der Waals surface area contributed by atoms with Gasteiger partial charge in [-0.2, -0.15) is 0 Å². The molecule has 0 spiro atoms. The molecule has 1 rings (SSSR count). The summed E-state index contributed by atoms with van der Waals surface area (Å²) >= 11 is 0. The van der Waals surface area contributed by atoms with Crippen LogP contribution in [0.5, 0.6) is 5.75 Å². The van der Waals surface area contributed by atoms with Crippen LogP contribution in [0.4, 0.5) is 5.82 Å². The normalized spacial score (nSPS) is 12.5. The van der Waals surface area contributed by atoms with Crippen molar-refractivity contribution in [2.75, 3.05) is 5.73 Å². The minimum Gasteiger partial charge on any atom is -0.491 e. The van der Waals surface area contributed by atoms with E-state index in [1.54, 1.807) is 12.3 Å². The lowest BCUT2D eigenvalue weighted by molar-refractivity contribution is 0.210. The number of hydrogen-bond donors (Lipinski definition) is 1. The average Bonchev–Trinajstić information content (AvgIpc) is 2.04. The summed E-state index contributed by atoms with van der Waals surface area (Å²) in [7, 11) is 0. The fourth-order valence-corrected chi connectivity index (χ4v) is 1.20. The van der Waals surface area contributed by atoms with E-state index in [0.29, 0.717) is 5.82 Å². The lowest BCUT2D eigenvalue weighted by atomic mass is 10.2. The summed E-state index contributed by atoms with van der Waals surface area (Å²) < 4.78 is 5.62. The van der Waals surface area contributed by atoms with E-state index in [2.05, 4.69) is 18.8 Å². The number of nitrogens with zero attached hydrogens (tertiary/aromatic N) is 1. The zero-order valence-electron chi connectivity index (χ0n) is 8.16. The van der Waals surface area contributed by atoms with Gasteiger partial charge in [0.2, 0.25) is 0 Å². The molecule has 0 aromatic carbocycles. The third-order valence-corrected chi connectivity index (χ3v) is 1.79. The van der Waals surface area contributed by atoms with Gasteiger partial charge in [-0.25, -0.2) is 4.98 Å². The van der Waals surface area contributed by atoms with Crippen molar-refractivity contribution in [3.63, 3.8) is 0 Å². The lowest BCUT2D eigenvalue weighted by Gasteiger charge is -2.13. The van der Waals surface area contributed by atoms with Gasteiger partial charge in [0, 0.05) is 12.3 Å². The Morgan fingerprint density at radius 2 is 2.38 bits per heavy atom. The van der Waals surface area contributed by atoms with E-state index in [0.717, 1.165) is 18.6 Å². The topological polar surface area (TPSA) is 48.1 Å². The monoisotopic (exact) mass is 180 g/mol. The third kappa shape index (κ3) is 3.32. The zero-order chi connectivity index (χ0) is 9.68. The minimum atomic E-state index is 0.242. The Balaban J connectivity index is 2.53. The highest BCUT2D eigenvalue weighted by Gasteiger charge is 2.02. The molecule has 0 aliphatic heterocycles. The zero-order valence-corrected chi connectivity index (χ0v) is 8.16. The Bertz CT molecular complexity index is 263. The number of nitrogen functional groups attached to an aromatic ring is 1. The summed E-state index contributed by atoms with van der Waals surface area (Å²) in [6, 6.07) is 3.56. The van der Waals surface area contributed by atoms with Crippen LogP contribution in [0.15, 0.2) is 18.3 Å². The molecule has 0 saturated carbocycles. The predicted octanol–water partition coefficient (Wildman–Crippen LogP) is 2.23. The maximum Gasteiger partial charge on any atom is 0.126 e. The number of aromatic nitrogens is 1. The summed E-state index contributed by atoms with van der Waals surface area (Å²) in [6.45, 7) is 4.20. The molecule has 1 unspecified atom stereocenters. The van der Waals surface area contributed by atoms with Gasteiger partial charge in [-0.3, -0.25) is 0 Å². The molecule has 0 radical (unpaired) electrons. The van der Waals surface area contributed by atoms with E-state index in [9.17, 15) is 0 Å². The van der Waals surface area contributed by atoms with Crippen LogP contribution < -0.4 is 10.5 Å². The van der Waals surface area contributed by atoms with Gasteiger partial charge >= 0.3 is 0 Å². The van der Waals surface area contributed by atoms with Crippen molar-refractivity contribution in [3.8, 4) is 5.75 Å². The Hall–Kier alpha value is -1.25. The molecule has 2 N–H and O–H groups in total.